The number of hydrogen-bond acceptors (Lipinski definition) is 3. The van der Waals surface area contributed by atoms with Crippen molar-refractivity contribution in [1.29, 1.82) is 0 Å². The second-order valence-corrected chi connectivity index (χ2v) is 5.89. The molecule has 1 unspecified atom stereocenters. The molecule has 0 aliphatic heterocycles. The van der Waals surface area contributed by atoms with Crippen LogP contribution in [0.4, 0.5) is 4.39 Å². The van der Waals surface area contributed by atoms with Gasteiger partial charge < -0.3 is 20.7 Å². The standard InChI is InChI=1S/C20H25FN4O2.HI/c1-15(27-18-10-6-9-17(21)13-18)14-25-20(22-2)24-12-11-23-19(26)16-7-4-3-5-8-16;/h3-10,13,15H,11-12,14H2,1-2H3,(H,23,26)(H2,22,24,25);1H. The van der Waals surface area contributed by atoms with Crippen molar-refractivity contribution in [2.75, 3.05) is 26.7 Å². The van der Waals surface area contributed by atoms with Crippen LogP contribution in [0.1, 0.15) is 17.3 Å². The summed E-state index contributed by atoms with van der Waals surface area (Å²) in [6, 6.07) is 15.1. The lowest BCUT2D eigenvalue weighted by atomic mass is 10.2. The highest BCUT2D eigenvalue weighted by molar-refractivity contribution is 14.0. The van der Waals surface area contributed by atoms with Gasteiger partial charge in [0.25, 0.3) is 5.91 Å². The normalized spacial score (nSPS) is 11.8. The van der Waals surface area contributed by atoms with Crippen molar-refractivity contribution in [2.45, 2.75) is 13.0 Å². The van der Waals surface area contributed by atoms with E-state index in [9.17, 15) is 9.18 Å². The summed E-state index contributed by atoms with van der Waals surface area (Å²) in [7, 11) is 1.66. The lowest BCUT2D eigenvalue weighted by Gasteiger charge is -2.18. The van der Waals surface area contributed by atoms with E-state index in [-0.39, 0.29) is 41.8 Å². The van der Waals surface area contributed by atoms with Gasteiger partial charge in [0.2, 0.25) is 0 Å². The van der Waals surface area contributed by atoms with Crippen LogP contribution in [0.3, 0.4) is 0 Å². The third kappa shape index (κ3) is 8.55. The third-order valence-electron chi connectivity index (χ3n) is 3.65. The molecule has 152 valence electrons. The molecule has 0 aromatic heterocycles. The van der Waals surface area contributed by atoms with Gasteiger partial charge in [-0.15, -0.1) is 24.0 Å². The van der Waals surface area contributed by atoms with Gasteiger partial charge in [-0.2, -0.15) is 0 Å². The highest BCUT2D eigenvalue weighted by Gasteiger charge is 2.07. The Bertz CT molecular complexity index is 759. The molecule has 2 aromatic carbocycles. The number of amides is 1. The number of carbonyl (C=O) groups is 1. The fraction of sp³-hybridized carbons (Fsp3) is 0.300. The Morgan fingerprint density at radius 2 is 1.79 bits per heavy atom. The van der Waals surface area contributed by atoms with Crippen molar-refractivity contribution >= 4 is 35.8 Å². The fourth-order valence-corrected chi connectivity index (χ4v) is 2.32. The number of nitrogens with one attached hydrogen (secondary N) is 3. The summed E-state index contributed by atoms with van der Waals surface area (Å²) in [5.41, 5.74) is 0.628. The van der Waals surface area contributed by atoms with Gasteiger partial charge in [0.05, 0.1) is 6.54 Å². The number of carbonyl (C=O) groups excluding carboxylic acids is 1. The van der Waals surface area contributed by atoms with Crippen molar-refractivity contribution in [1.82, 2.24) is 16.0 Å². The van der Waals surface area contributed by atoms with E-state index in [1.807, 2.05) is 25.1 Å². The van der Waals surface area contributed by atoms with Gasteiger partial charge >= 0.3 is 0 Å². The van der Waals surface area contributed by atoms with Crippen molar-refractivity contribution < 1.29 is 13.9 Å². The van der Waals surface area contributed by atoms with Gasteiger partial charge in [-0.05, 0) is 31.2 Å². The molecule has 3 N–H and O–H groups in total. The Morgan fingerprint density at radius 3 is 2.46 bits per heavy atom. The molecular formula is C20H26FIN4O2. The van der Waals surface area contributed by atoms with Gasteiger partial charge in [0.1, 0.15) is 17.7 Å². The minimum Gasteiger partial charge on any atom is -0.489 e. The molecule has 0 heterocycles. The molecule has 0 spiro atoms. The molecule has 0 saturated heterocycles. The monoisotopic (exact) mass is 500 g/mol. The maximum Gasteiger partial charge on any atom is 0.251 e. The van der Waals surface area contributed by atoms with Crippen LogP contribution in [-0.4, -0.2) is 44.7 Å². The molecule has 6 nitrogen and oxygen atoms in total. The molecule has 0 aliphatic carbocycles. The van der Waals surface area contributed by atoms with Crippen LogP contribution in [0.5, 0.6) is 5.75 Å². The number of ether oxygens (including phenoxy) is 1. The van der Waals surface area contributed by atoms with Crippen LogP contribution in [0, 0.1) is 5.82 Å². The van der Waals surface area contributed by atoms with Crippen LogP contribution in [-0.2, 0) is 0 Å². The van der Waals surface area contributed by atoms with E-state index in [4.69, 9.17) is 4.74 Å². The van der Waals surface area contributed by atoms with Crippen molar-refractivity contribution in [3.8, 4) is 5.75 Å². The Balaban J connectivity index is 0.00000392. The highest BCUT2D eigenvalue weighted by Crippen LogP contribution is 2.13. The number of halogens is 2. The summed E-state index contributed by atoms with van der Waals surface area (Å²) in [4.78, 5) is 16.1. The Hall–Kier alpha value is -2.36. The largest absolute Gasteiger partial charge is 0.489 e. The lowest BCUT2D eigenvalue weighted by molar-refractivity contribution is 0.0954. The molecule has 1 atom stereocenters. The first kappa shape index (κ1) is 23.7. The maximum atomic E-state index is 13.2. The topological polar surface area (TPSA) is 74.8 Å². The zero-order valence-electron chi connectivity index (χ0n) is 15.9. The highest BCUT2D eigenvalue weighted by atomic mass is 127. The first-order valence-corrected chi connectivity index (χ1v) is 8.78. The average molecular weight is 500 g/mol. The first-order valence-electron chi connectivity index (χ1n) is 8.78. The minimum absolute atomic E-state index is 0. The molecule has 0 saturated carbocycles. The Labute approximate surface area is 182 Å². The molecule has 0 radical (unpaired) electrons. The Morgan fingerprint density at radius 1 is 1.07 bits per heavy atom. The first-order chi connectivity index (χ1) is 13.1. The molecule has 2 aromatic rings. The van der Waals surface area contributed by atoms with E-state index in [1.165, 1.54) is 12.1 Å². The number of aliphatic imine (C=N–C) groups is 1. The zero-order valence-corrected chi connectivity index (χ0v) is 18.3. The molecule has 28 heavy (non-hydrogen) atoms. The second kappa shape index (κ2) is 12.9. The van der Waals surface area contributed by atoms with Crippen molar-refractivity contribution in [3.05, 3.63) is 66.0 Å². The average Bonchev–Trinajstić information content (AvgIpc) is 2.68. The van der Waals surface area contributed by atoms with Crippen molar-refractivity contribution in [2.24, 2.45) is 4.99 Å². The van der Waals surface area contributed by atoms with Crippen LogP contribution in [0.25, 0.3) is 0 Å². The predicted octanol–water partition coefficient (Wildman–Crippen LogP) is 2.81. The molecule has 0 fully saturated rings. The maximum absolute atomic E-state index is 13.2. The van der Waals surface area contributed by atoms with Gasteiger partial charge in [0.15, 0.2) is 5.96 Å². The minimum atomic E-state index is -0.331. The van der Waals surface area contributed by atoms with E-state index in [0.717, 1.165) is 0 Å². The molecular weight excluding hydrogens is 474 g/mol. The predicted molar refractivity (Wildman–Crippen MR) is 120 cm³/mol. The summed E-state index contributed by atoms with van der Waals surface area (Å²) < 4.78 is 18.8. The number of hydrogen-bond donors (Lipinski definition) is 3. The summed E-state index contributed by atoms with van der Waals surface area (Å²) in [6.45, 7) is 3.36. The summed E-state index contributed by atoms with van der Waals surface area (Å²) in [5, 5.41) is 9.08. The lowest BCUT2D eigenvalue weighted by Crippen LogP contribution is -2.44. The number of guanidine groups is 1. The van der Waals surface area contributed by atoms with E-state index in [2.05, 4.69) is 20.9 Å². The smallest absolute Gasteiger partial charge is 0.251 e. The van der Waals surface area contributed by atoms with Gasteiger partial charge in [-0.25, -0.2) is 4.39 Å². The molecule has 0 bridgehead atoms. The molecule has 2 rings (SSSR count). The molecule has 1 amide bonds. The van der Waals surface area contributed by atoms with Crippen LogP contribution >= 0.6 is 24.0 Å². The van der Waals surface area contributed by atoms with E-state index in [0.29, 0.717) is 36.9 Å². The van der Waals surface area contributed by atoms with Crippen LogP contribution in [0.2, 0.25) is 0 Å². The molecule has 8 heteroatoms. The van der Waals surface area contributed by atoms with E-state index in [1.54, 1.807) is 31.3 Å². The van der Waals surface area contributed by atoms with Crippen LogP contribution < -0.4 is 20.7 Å². The third-order valence-corrected chi connectivity index (χ3v) is 3.65. The SMILES string of the molecule is CN=C(NCCNC(=O)c1ccccc1)NCC(C)Oc1cccc(F)c1.I. The molecule has 0 aliphatic rings. The summed E-state index contributed by atoms with van der Waals surface area (Å²) in [5.74, 6) is 0.634. The number of benzene rings is 2. The summed E-state index contributed by atoms with van der Waals surface area (Å²) >= 11 is 0. The van der Waals surface area contributed by atoms with Gasteiger partial charge in [-0.3, -0.25) is 9.79 Å². The van der Waals surface area contributed by atoms with E-state index >= 15 is 0 Å². The Kier molecular flexibility index (Phi) is 10.9. The zero-order chi connectivity index (χ0) is 19.5. The quantitative estimate of drug-likeness (QED) is 0.226. The van der Waals surface area contributed by atoms with Gasteiger partial charge in [-0.1, -0.05) is 24.3 Å². The van der Waals surface area contributed by atoms with Crippen LogP contribution in [0.15, 0.2) is 59.6 Å². The summed E-state index contributed by atoms with van der Waals surface area (Å²) in [6.07, 6.45) is -0.178. The fourth-order valence-electron chi connectivity index (χ4n) is 2.32. The van der Waals surface area contributed by atoms with Gasteiger partial charge in [0, 0.05) is 31.8 Å². The van der Waals surface area contributed by atoms with E-state index < -0.39 is 0 Å². The number of nitrogens with zero attached hydrogens (tertiary/aromatic N) is 1. The second-order valence-electron chi connectivity index (χ2n) is 5.89. The van der Waals surface area contributed by atoms with Crippen molar-refractivity contribution in [3.63, 3.8) is 0 Å². The number of rotatable bonds is 8.